The van der Waals surface area contributed by atoms with Crippen LogP contribution in [0.4, 0.5) is 0 Å². The van der Waals surface area contributed by atoms with Crippen molar-refractivity contribution in [2.45, 2.75) is 20.3 Å². The Kier molecular flexibility index (Phi) is 6.74. The molecule has 0 aliphatic heterocycles. The summed E-state index contributed by atoms with van der Waals surface area (Å²) >= 11 is 0. The van der Waals surface area contributed by atoms with Gasteiger partial charge in [-0.2, -0.15) is 0 Å². The summed E-state index contributed by atoms with van der Waals surface area (Å²) < 4.78 is 0. The maximum Gasteiger partial charge on any atom is 0.241 e. The monoisotopic (exact) mass is 201 g/mol. The molecule has 0 aromatic heterocycles. The van der Waals surface area contributed by atoms with Gasteiger partial charge in [0.1, 0.15) is 0 Å². The van der Waals surface area contributed by atoms with Crippen molar-refractivity contribution in [1.29, 1.82) is 0 Å². The van der Waals surface area contributed by atoms with Gasteiger partial charge in [0.15, 0.2) is 0 Å². The summed E-state index contributed by atoms with van der Waals surface area (Å²) in [5, 5.41) is 2.52. The molecule has 0 aliphatic rings. The number of rotatable bonds is 6. The van der Waals surface area contributed by atoms with Crippen molar-refractivity contribution in [3.63, 3.8) is 0 Å². The van der Waals surface area contributed by atoms with Crippen LogP contribution in [0, 0.1) is 0 Å². The number of likely N-dealkylation sites (N-methyl/N-ethyl adjacent to an activating group) is 1. The summed E-state index contributed by atoms with van der Waals surface area (Å²) in [4.78, 5) is 24.0. The molecule has 5 nitrogen and oxygen atoms in total. The molecule has 0 unspecified atom stereocenters. The summed E-state index contributed by atoms with van der Waals surface area (Å²) in [6, 6.07) is 0. The molecule has 0 radical (unpaired) electrons. The predicted octanol–water partition coefficient (Wildman–Crippen LogP) is -0.680. The Morgan fingerprint density at radius 1 is 1.29 bits per heavy atom. The van der Waals surface area contributed by atoms with Crippen molar-refractivity contribution in [1.82, 2.24) is 10.2 Å². The van der Waals surface area contributed by atoms with Crippen molar-refractivity contribution in [3.8, 4) is 0 Å². The Bertz CT molecular complexity index is 190. The van der Waals surface area contributed by atoms with Gasteiger partial charge in [-0.25, -0.2) is 0 Å². The van der Waals surface area contributed by atoms with Crippen molar-refractivity contribution in [2.24, 2.45) is 5.73 Å². The summed E-state index contributed by atoms with van der Waals surface area (Å²) in [5.41, 5.74) is 5.19. The number of carbonyl (C=O) groups is 2. The fraction of sp³-hybridized carbons (Fsp3) is 0.778. The van der Waals surface area contributed by atoms with E-state index in [1.807, 2.05) is 13.8 Å². The highest BCUT2D eigenvalue weighted by molar-refractivity contribution is 5.84. The first-order valence-electron chi connectivity index (χ1n) is 4.90. The zero-order chi connectivity index (χ0) is 11.0. The Morgan fingerprint density at radius 3 is 2.29 bits per heavy atom. The van der Waals surface area contributed by atoms with Gasteiger partial charge < -0.3 is 16.0 Å². The normalized spacial score (nSPS) is 9.64. The van der Waals surface area contributed by atoms with E-state index in [1.54, 1.807) is 4.90 Å². The molecule has 0 aromatic carbocycles. The van der Waals surface area contributed by atoms with Gasteiger partial charge in [0.2, 0.25) is 11.8 Å². The number of carbonyl (C=O) groups excluding carboxylic acids is 2. The molecular formula is C9H19N3O2. The summed E-state index contributed by atoms with van der Waals surface area (Å²) in [6.45, 7) is 5.53. The molecule has 2 amide bonds. The zero-order valence-corrected chi connectivity index (χ0v) is 8.88. The number of nitrogens with zero attached hydrogens (tertiary/aromatic N) is 1. The Labute approximate surface area is 84.6 Å². The van der Waals surface area contributed by atoms with E-state index in [1.165, 1.54) is 0 Å². The average Bonchev–Trinajstić information content (AvgIpc) is 2.17. The Morgan fingerprint density at radius 2 is 1.86 bits per heavy atom. The first-order chi connectivity index (χ1) is 6.65. The number of hydrogen-bond acceptors (Lipinski definition) is 3. The molecular weight excluding hydrogens is 182 g/mol. The molecule has 5 heteroatoms. The molecule has 0 fully saturated rings. The molecule has 3 N–H and O–H groups in total. The standard InChI is InChI=1S/C9H19N3O2/c1-3-12(4-2)9(14)7-11-8(13)5-6-10/h3-7,10H2,1-2H3,(H,11,13). The molecule has 0 saturated carbocycles. The highest BCUT2D eigenvalue weighted by atomic mass is 16.2. The molecule has 0 bridgehead atoms. The second-order valence-electron chi connectivity index (χ2n) is 2.88. The van der Waals surface area contributed by atoms with E-state index in [4.69, 9.17) is 5.73 Å². The largest absolute Gasteiger partial charge is 0.347 e. The molecule has 0 aromatic rings. The van der Waals surface area contributed by atoms with Crippen molar-refractivity contribution in [3.05, 3.63) is 0 Å². The van der Waals surface area contributed by atoms with Gasteiger partial charge in [0.05, 0.1) is 6.54 Å². The Balaban J connectivity index is 3.77. The lowest BCUT2D eigenvalue weighted by Crippen LogP contribution is -2.40. The van der Waals surface area contributed by atoms with Gasteiger partial charge in [-0.1, -0.05) is 0 Å². The van der Waals surface area contributed by atoms with E-state index in [0.29, 0.717) is 19.6 Å². The van der Waals surface area contributed by atoms with Crippen LogP contribution in [0.15, 0.2) is 0 Å². The number of amides is 2. The summed E-state index contributed by atoms with van der Waals surface area (Å²) in [5.74, 6) is -0.228. The molecule has 82 valence electrons. The molecule has 0 atom stereocenters. The smallest absolute Gasteiger partial charge is 0.241 e. The van der Waals surface area contributed by atoms with Crippen LogP contribution in [0.2, 0.25) is 0 Å². The molecule has 0 aliphatic carbocycles. The molecule has 0 rings (SSSR count). The minimum atomic E-state index is -0.173. The van der Waals surface area contributed by atoms with Crippen molar-refractivity contribution in [2.75, 3.05) is 26.2 Å². The van der Waals surface area contributed by atoms with E-state index >= 15 is 0 Å². The van der Waals surface area contributed by atoms with Gasteiger partial charge in [-0.05, 0) is 13.8 Å². The first kappa shape index (κ1) is 12.9. The lowest BCUT2D eigenvalue weighted by Gasteiger charge is -2.18. The van der Waals surface area contributed by atoms with E-state index in [2.05, 4.69) is 5.32 Å². The molecule has 14 heavy (non-hydrogen) atoms. The SMILES string of the molecule is CCN(CC)C(=O)CNC(=O)CCN. The predicted molar refractivity (Wildman–Crippen MR) is 54.6 cm³/mol. The highest BCUT2D eigenvalue weighted by Gasteiger charge is 2.09. The second-order valence-corrected chi connectivity index (χ2v) is 2.88. The second kappa shape index (κ2) is 7.32. The molecule has 0 spiro atoms. The van der Waals surface area contributed by atoms with Gasteiger partial charge in [-0.15, -0.1) is 0 Å². The van der Waals surface area contributed by atoms with E-state index in [-0.39, 0.29) is 24.8 Å². The maximum absolute atomic E-state index is 11.4. The van der Waals surface area contributed by atoms with Crippen molar-refractivity contribution < 1.29 is 9.59 Å². The number of nitrogens with one attached hydrogen (secondary N) is 1. The fourth-order valence-corrected chi connectivity index (χ4v) is 1.08. The van der Waals surface area contributed by atoms with E-state index in [0.717, 1.165) is 0 Å². The Hall–Kier alpha value is -1.10. The van der Waals surface area contributed by atoms with Crippen LogP contribution in [0.3, 0.4) is 0 Å². The quantitative estimate of drug-likeness (QED) is 0.598. The van der Waals surface area contributed by atoms with Crippen LogP contribution in [0.1, 0.15) is 20.3 Å². The third-order valence-corrected chi connectivity index (χ3v) is 1.92. The maximum atomic E-state index is 11.4. The van der Waals surface area contributed by atoms with Crippen molar-refractivity contribution >= 4 is 11.8 Å². The third kappa shape index (κ3) is 4.81. The number of hydrogen-bond donors (Lipinski definition) is 2. The first-order valence-corrected chi connectivity index (χ1v) is 4.90. The zero-order valence-electron chi connectivity index (χ0n) is 8.88. The topological polar surface area (TPSA) is 75.4 Å². The fourth-order valence-electron chi connectivity index (χ4n) is 1.08. The minimum Gasteiger partial charge on any atom is -0.347 e. The average molecular weight is 201 g/mol. The number of nitrogens with two attached hydrogens (primary N) is 1. The minimum absolute atomic E-state index is 0.0552. The van der Waals surface area contributed by atoms with E-state index in [9.17, 15) is 9.59 Å². The van der Waals surface area contributed by atoms with Crippen LogP contribution in [0.25, 0.3) is 0 Å². The van der Waals surface area contributed by atoms with Crippen LogP contribution in [0.5, 0.6) is 0 Å². The van der Waals surface area contributed by atoms with Crippen LogP contribution in [-0.2, 0) is 9.59 Å². The van der Waals surface area contributed by atoms with Gasteiger partial charge in [0.25, 0.3) is 0 Å². The lowest BCUT2D eigenvalue weighted by atomic mass is 10.4. The summed E-state index contributed by atoms with van der Waals surface area (Å²) in [7, 11) is 0. The van der Waals surface area contributed by atoms with Gasteiger partial charge in [0, 0.05) is 26.1 Å². The molecule has 0 heterocycles. The van der Waals surface area contributed by atoms with E-state index < -0.39 is 0 Å². The third-order valence-electron chi connectivity index (χ3n) is 1.92. The van der Waals surface area contributed by atoms with Crippen LogP contribution in [-0.4, -0.2) is 42.9 Å². The van der Waals surface area contributed by atoms with Crippen LogP contribution < -0.4 is 11.1 Å². The highest BCUT2D eigenvalue weighted by Crippen LogP contribution is 1.87. The van der Waals surface area contributed by atoms with Gasteiger partial charge in [-0.3, -0.25) is 9.59 Å². The molecule has 0 saturated heterocycles. The summed E-state index contributed by atoms with van der Waals surface area (Å²) in [6.07, 6.45) is 0.269. The van der Waals surface area contributed by atoms with Crippen LogP contribution >= 0.6 is 0 Å². The van der Waals surface area contributed by atoms with Gasteiger partial charge >= 0.3 is 0 Å². The lowest BCUT2D eigenvalue weighted by molar-refractivity contribution is -0.132.